The van der Waals surface area contributed by atoms with E-state index in [0.29, 0.717) is 43.1 Å². The van der Waals surface area contributed by atoms with Gasteiger partial charge in [-0.2, -0.15) is 0 Å². The van der Waals surface area contributed by atoms with E-state index in [0.717, 1.165) is 25.7 Å². The lowest BCUT2D eigenvalue weighted by atomic mass is 9.87. The van der Waals surface area contributed by atoms with Crippen LogP contribution in [0.15, 0.2) is 36.5 Å². The van der Waals surface area contributed by atoms with Gasteiger partial charge in [0, 0.05) is 25.2 Å². The molecule has 0 amide bonds. The first-order valence-corrected chi connectivity index (χ1v) is 24.6. The predicted molar refractivity (Wildman–Crippen MR) is 235 cm³/mol. The number of aliphatic hydroxyl groups is 3. The molecule has 1 rings (SSSR count). The van der Waals surface area contributed by atoms with Crippen LogP contribution in [-0.2, 0) is 37.4 Å². The van der Waals surface area contributed by atoms with Crippen molar-refractivity contribution in [3.63, 3.8) is 0 Å². The monoisotopic (exact) mass is 874 g/mol. The molecule has 0 radical (unpaired) electrons. The Morgan fingerprint density at radius 1 is 0.800 bits per heavy atom. The van der Waals surface area contributed by atoms with Gasteiger partial charge in [0.1, 0.15) is 19.8 Å². The number of rotatable bonds is 37. The largest absolute Gasteiger partial charge is 0.756 e. The Kier molecular flexibility index (Phi) is 32.3. The summed E-state index contributed by atoms with van der Waals surface area (Å²) in [5, 5.41) is 31.0. The molecule has 3 N–H and O–H groups in total. The Morgan fingerprint density at radius 3 is 2.00 bits per heavy atom. The Bertz CT molecular complexity index is 1240. The highest BCUT2D eigenvalue weighted by molar-refractivity contribution is 7.45. The van der Waals surface area contributed by atoms with E-state index >= 15 is 0 Å². The predicted octanol–water partition coefficient (Wildman–Crippen LogP) is 8.39. The molecule has 0 aromatic carbocycles. The van der Waals surface area contributed by atoms with E-state index in [1.807, 2.05) is 52.4 Å². The van der Waals surface area contributed by atoms with Gasteiger partial charge in [0.15, 0.2) is 12.4 Å². The second-order valence-corrected chi connectivity index (χ2v) is 18.7. The maximum Gasteiger partial charge on any atom is 0.306 e. The Labute approximate surface area is 363 Å². The van der Waals surface area contributed by atoms with Crippen molar-refractivity contribution in [2.75, 3.05) is 47.5 Å². The Hall–Kier alpha value is -1.93. The van der Waals surface area contributed by atoms with Crippen LogP contribution in [0.4, 0.5) is 0 Å². The van der Waals surface area contributed by atoms with Crippen LogP contribution in [0.3, 0.4) is 0 Å². The average Bonchev–Trinajstić information content (AvgIpc) is 3.18. The van der Waals surface area contributed by atoms with E-state index in [4.69, 9.17) is 23.3 Å². The first-order chi connectivity index (χ1) is 28.7. The smallest absolute Gasteiger partial charge is 0.306 e. The van der Waals surface area contributed by atoms with Gasteiger partial charge >= 0.3 is 11.9 Å². The van der Waals surface area contributed by atoms with Gasteiger partial charge in [-0.15, -0.1) is 0 Å². The van der Waals surface area contributed by atoms with Gasteiger partial charge in [-0.1, -0.05) is 140 Å². The molecular weight excluding hydrogens is 789 g/mol. The lowest BCUT2D eigenvalue weighted by Crippen LogP contribution is -2.43. The van der Waals surface area contributed by atoms with Crippen LogP contribution in [-0.4, -0.2) is 110 Å². The van der Waals surface area contributed by atoms with Crippen molar-refractivity contribution in [1.29, 1.82) is 0 Å². The van der Waals surface area contributed by atoms with Gasteiger partial charge < -0.3 is 48.0 Å². The number of quaternary nitrogens is 1. The molecular formula is C46H84NO12P. The molecule has 7 unspecified atom stereocenters. The van der Waals surface area contributed by atoms with E-state index < -0.39 is 57.1 Å². The van der Waals surface area contributed by atoms with Crippen LogP contribution in [0.2, 0.25) is 0 Å². The number of carbonyl (C=O) groups is 2. The van der Waals surface area contributed by atoms with Gasteiger partial charge in [-0.25, -0.2) is 0 Å². The number of carbonyl (C=O) groups excluding carboxylic acids is 2. The van der Waals surface area contributed by atoms with Crippen molar-refractivity contribution in [3.05, 3.63) is 36.5 Å². The van der Waals surface area contributed by atoms with Gasteiger partial charge in [0.25, 0.3) is 7.82 Å². The highest BCUT2D eigenvalue weighted by atomic mass is 31.2. The van der Waals surface area contributed by atoms with E-state index in [9.17, 15) is 34.4 Å². The number of unbranched alkanes of at least 4 members (excludes halogenated alkanes) is 15. The summed E-state index contributed by atoms with van der Waals surface area (Å²) in [4.78, 5) is 37.8. The number of hydrogen-bond acceptors (Lipinski definition) is 12. The summed E-state index contributed by atoms with van der Waals surface area (Å²) < 4.78 is 39.5. The van der Waals surface area contributed by atoms with Crippen LogP contribution in [0, 0.1) is 5.92 Å². The number of phosphoric acid groups is 1. The zero-order chi connectivity index (χ0) is 44.5. The fraction of sp³-hybridized carbons (Fsp3) is 0.826. The first-order valence-electron chi connectivity index (χ1n) is 23.1. The lowest BCUT2D eigenvalue weighted by molar-refractivity contribution is -0.870. The van der Waals surface area contributed by atoms with Crippen LogP contribution in [0.5, 0.6) is 0 Å². The zero-order valence-corrected chi connectivity index (χ0v) is 38.8. The van der Waals surface area contributed by atoms with Crippen LogP contribution < -0.4 is 4.89 Å². The van der Waals surface area contributed by atoms with Gasteiger partial charge in [-0.05, 0) is 38.5 Å². The van der Waals surface area contributed by atoms with E-state index in [1.165, 1.54) is 70.6 Å². The van der Waals surface area contributed by atoms with Crippen LogP contribution in [0.25, 0.3) is 0 Å². The van der Waals surface area contributed by atoms with Gasteiger partial charge in [0.2, 0.25) is 0 Å². The summed E-state index contributed by atoms with van der Waals surface area (Å²) in [5.74, 6) is -1.37. The van der Waals surface area contributed by atoms with Crippen molar-refractivity contribution < 1.29 is 62.1 Å². The lowest BCUT2D eigenvalue weighted by Gasteiger charge is -2.36. The number of hydrogen-bond donors (Lipinski definition) is 3. The molecule has 14 heteroatoms. The maximum atomic E-state index is 12.8. The Balaban J connectivity index is 2.52. The molecule has 60 heavy (non-hydrogen) atoms. The molecule has 7 atom stereocenters. The second kappa shape index (κ2) is 34.5. The third-order valence-electron chi connectivity index (χ3n) is 10.4. The molecule has 0 bridgehead atoms. The number of nitrogens with zero attached hydrogens (tertiary/aromatic N) is 1. The highest BCUT2D eigenvalue weighted by Crippen LogP contribution is 2.38. The summed E-state index contributed by atoms with van der Waals surface area (Å²) in [6.07, 6.45) is 28.0. The summed E-state index contributed by atoms with van der Waals surface area (Å²) in [6, 6.07) is 0. The van der Waals surface area contributed by atoms with Gasteiger partial charge in [-0.3, -0.25) is 14.2 Å². The molecule has 350 valence electrons. The SMILES string of the molecule is CC/C=C\CC(O)/C=C/C1OC(O)CC(O)C1C/C=C\CCCC(=O)OC(COC(=O)CCCCCCCCCCCCCCCCC)COP(=O)([O-])OCC[N+](C)(C)C. The molecule has 1 fully saturated rings. The quantitative estimate of drug-likeness (QED) is 0.0179. The third-order valence-corrected chi connectivity index (χ3v) is 11.4. The van der Waals surface area contributed by atoms with Crippen molar-refractivity contribution >= 4 is 19.8 Å². The first kappa shape index (κ1) is 56.1. The zero-order valence-electron chi connectivity index (χ0n) is 37.9. The minimum Gasteiger partial charge on any atom is -0.756 e. The minimum atomic E-state index is -4.70. The standard InChI is InChI=1S/C46H84NO12P/c1-6-8-10-11-12-13-14-15-16-17-18-19-20-21-26-30-44(50)55-37-40(38-57-60(53,54)56-35-34-47(3,4)5)58-45(51)31-27-23-22-25-29-41-42(49)36-46(52)59-43(41)33-32-39(48)28-24-9-7-2/h9,22,24-25,32-33,39-43,46,48-49,52H,6-8,10-21,23,26-31,34-38H2,1-5H3/b24-9-,25-22-,33-32+. The number of phosphoric ester groups is 1. The number of likely N-dealkylation sites (N-methyl/N-ethyl adjacent to an activating group) is 1. The molecule has 0 aliphatic carbocycles. The number of aliphatic hydroxyl groups excluding tert-OH is 3. The van der Waals surface area contributed by atoms with Gasteiger partial charge in [0.05, 0.1) is 46.1 Å². The van der Waals surface area contributed by atoms with Crippen molar-refractivity contribution in [2.24, 2.45) is 5.92 Å². The van der Waals surface area contributed by atoms with Crippen molar-refractivity contribution in [2.45, 2.75) is 192 Å². The van der Waals surface area contributed by atoms with Crippen LogP contribution in [0.1, 0.15) is 162 Å². The van der Waals surface area contributed by atoms with E-state index in [2.05, 4.69) is 6.92 Å². The molecule has 1 aliphatic rings. The fourth-order valence-corrected chi connectivity index (χ4v) is 7.50. The molecule has 1 heterocycles. The maximum absolute atomic E-state index is 12.8. The van der Waals surface area contributed by atoms with E-state index in [1.54, 1.807) is 12.2 Å². The normalized spacial score (nSPS) is 20.8. The second-order valence-electron chi connectivity index (χ2n) is 17.3. The average molecular weight is 874 g/mol. The highest BCUT2D eigenvalue weighted by Gasteiger charge is 2.35. The Morgan fingerprint density at radius 2 is 1.40 bits per heavy atom. The molecule has 0 aromatic heterocycles. The third kappa shape index (κ3) is 31.8. The molecule has 1 saturated heterocycles. The molecule has 0 saturated carbocycles. The number of allylic oxidation sites excluding steroid dienone is 3. The number of ether oxygens (including phenoxy) is 3. The van der Waals surface area contributed by atoms with Crippen molar-refractivity contribution in [3.8, 4) is 0 Å². The number of esters is 2. The summed E-state index contributed by atoms with van der Waals surface area (Å²) in [5.41, 5.74) is 0. The fourth-order valence-electron chi connectivity index (χ4n) is 6.77. The summed E-state index contributed by atoms with van der Waals surface area (Å²) >= 11 is 0. The molecule has 13 nitrogen and oxygen atoms in total. The molecule has 0 spiro atoms. The minimum absolute atomic E-state index is 0.0278. The molecule has 1 aliphatic heterocycles. The topological polar surface area (TPSA) is 181 Å². The summed E-state index contributed by atoms with van der Waals surface area (Å²) in [7, 11) is 0.995. The van der Waals surface area contributed by atoms with Crippen LogP contribution >= 0.6 is 7.82 Å². The van der Waals surface area contributed by atoms with Crippen molar-refractivity contribution in [1.82, 2.24) is 0 Å². The summed E-state index contributed by atoms with van der Waals surface area (Å²) in [6.45, 7) is 3.72. The molecule has 0 aromatic rings. The van der Waals surface area contributed by atoms with E-state index in [-0.39, 0.29) is 38.4 Å².